The zero-order valence-corrected chi connectivity index (χ0v) is 18.5. The average molecular weight is 433 g/mol. The van der Waals surface area contributed by atoms with Gasteiger partial charge in [0.1, 0.15) is 5.82 Å². The summed E-state index contributed by atoms with van der Waals surface area (Å²) in [5.41, 5.74) is 0.503. The van der Waals surface area contributed by atoms with Crippen LogP contribution in [0.15, 0.2) is 12.1 Å². The van der Waals surface area contributed by atoms with E-state index in [-0.39, 0.29) is 11.9 Å². The van der Waals surface area contributed by atoms with E-state index in [1.165, 1.54) is 6.42 Å². The number of carbonyl (C=O) groups is 1. The Morgan fingerprint density at radius 1 is 1.20 bits per heavy atom. The van der Waals surface area contributed by atoms with Crippen LogP contribution < -0.4 is 9.47 Å². The molecular formula is C22H29ClN4O3. The number of hydrogen-bond acceptors (Lipinski definition) is 5. The Hall–Kier alpha value is -2.28. The van der Waals surface area contributed by atoms with Crippen LogP contribution >= 0.6 is 11.6 Å². The minimum Gasteiger partial charge on any atom is -0.493 e. The maximum Gasteiger partial charge on any atom is 0.254 e. The highest BCUT2D eigenvalue weighted by molar-refractivity contribution is 6.32. The first-order valence-corrected chi connectivity index (χ1v) is 11.2. The number of likely N-dealkylation sites (tertiary alicyclic amines) is 1. The van der Waals surface area contributed by atoms with E-state index < -0.39 is 0 Å². The molecule has 30 heavy (non-hydrogen) atoms. The fourth-order valence-electron chi connectivity index (χ4n) is 4.39. The molecule has 0 N–H and O–H groups in total. The van der Waals surface area contributed by atoms with Crippen LogP contribution in [0.3, 0.4) is 0 Å². The molecule has 1 saturated heterocycles. The molecule has 0 unspecified atom stereocenters. The number of amides is 1. The third kappa shape index (κ3) is 4.00. The number of aryl methyl sites for hydroxylation is 1. The third-order valence-electron chi connectivity index (χ3n) is 5.88. The van der Waals surface area contributed by atoms with Crippen LogP contribution in [0, 0.1) is 0 Å². The SMILES string of the molecule is CCCOc1c(Cl)cc(C(=O)N2CCC[C@H]2c2nnc3n2CCCCC3)cc1OC. The number of nitrogens with zero attached hydrogens (tertiary/aromatic N) is 4. The summed E-state index contributed by atoms with van der Waals surface area (Å²) >= 11 is 6.45. The molecule has 2 aliphatic rings. The van der Waals surface area contributed by atoms with Crippen molar-refractivity contribution in [2.24, 2.45) is 0 Å². The first kappa shape index (κ1) is 21.0. The summed E-state index contributed by atoms with van der Waals surface area (Å²) in [5.74, 6) is 2.86. The van der Waals surface area contributed by atoms with E-state index in [0.717, 1.165) is 56.7 Å². The Morgan fingerprint density at radius 3 is 2.87 bits per heavy atom. The monoisotopic (exact) mass is 432 g/mol. The molecule has 0 spiro atoms. The summed E-state index contributed by atoms with van der Waals surface area (Å²) in [6.45, 7) is 4.19. The minimum absolute atomic E-state index is 0.0577. The van der Waals surface area contributed by atoms with Crippen LogP contribution in [-0.2, 0) is 13.0 Å². The third-order valence-corrected chi connectivity index (χ3v) is 6.16. The van der Waals surface area contributed by atoms with Crippen LogP contribution in [-0.4, -0.2) is 45.8 Å². The molecule has 162 valence electrons. The standard InChI is InChI=1S/C22H29ClN4O3/c1-3-12-30-20-16(23)13-15(14-18(20)29-2)22(28)26-11-7-8-17(26)21-25-24-19-9-5-4-6-10-27(19)21/h13-14,17H,3-12H2,1-2H3/t17-/m0/s1. The van der Waals surface area contributed by atoms with E-state index in [1.54, 1.807) is 19.2 Å². The Bertz CT molecular complexity index is 914. The van der Waals surface area contributed by atoms with E-state index >= 15 is 0 Å². The second kappa shape index (κ2) is 9.25. The van der Waals surface area contributed by atoms with E-state index in [9.17, 15) is 4.79 Å². The molecule has 8 heteroatoms. The molecule has 2 aliphatic heterocycles. The number of hydrogen-bond donors (Lipinski definition) is 0. The number of aromatic nitrogens is 3. The largest absolute Gasteiger partial charge is 0.493 e. The molecule has 7 nitrogen and oxygen atoms in total. The molecule has 0 aliphatic carbocycles. The smallest absolute Gasteiger partial charge is 0.254 e. The van der Waals surface area contributed by atoms with Gasteiger partial charge in [0.15, 0.2) is 17.3 Å². The van der Waals surface area contributed by atoms with Gasteiger partial charge in [0.05, 0.1) is 24.8 Å². The lowest BCUT2D eigenvalue weighted by molar-refractivity contribution is 0.0726. The summed E-state index contributed by atoms with van der Waals surface area (Å²) in [4.78, 5) is 15.4. The number of fused-ring (bicyclic) bond motifs is 1. The van der Waals surface area contributed by atoms with Crippen molar-refractivity contribution >= 4 is 17.5 Å². The van der Waals surface area contributed by atoms with Gasteiger partial charge < -0.3 is 18.9 Å². The van der Waals surface area contributed by atoms with Crippen molar-refractivity contribution in [3.05, 3.63) is 34.4 Å². The van der Waals surface area contributed by atoms with E-state index in [0.29, 0.717) is 35.2 Å². The summed E-state index contributed by atoms with van der Waals surface area (Å²) in [6, 6.07) is 3.34. The van der Waals surface area contributed by atoms with E-state index in [2.05, 4.69) is 14.8 Å². The molecular weight excluding hydrogens is 404 g/mol. The zero-order chi connectivity index (χ0) is 21.1. The number of ether oxygens (including phenoxy) is 2. The van der Waals surface area contributed by atoms with Gasteiger partial charge in [-0.2, -0.15) is 0 Å². The van der Waals surface area contributed by atoms with Crippen molar-refractivity contribution in [3.63, 3.8) is 0 Å². The van der Waals surface area contributed by atoms with Gasteiger partial charge >= 0.3 is 0 Å². The zero-order valence-electron chi connectivity index (χ0n) is 17.7. The van der Waals surface area contributed by atoms with Gasteiger partial charge in [-0.25, -0.2) is 0 Å². The summed E-state index contributed by atoms with van der Waals surface area (Å²) in [7, 11) is 1.56. The Morgan fingerprint density at radius 2 is 2.07 bits per heavy atom. The van der Waals surface area contributed by atoms with Crippen LogP contribution in [0.5, 0.6) is 11.5 Å². The quantitative estimate of drug-likeness (QED) is 0.675. The van der Waals surface area contributed by atoms with Gasteiger partial charge in [-0.05, 0) is 44.2 Å². The highest BCUT2D eigenvalue weighted by atomic mass is 35.5. The first-order valence-electron chi connectivity index (χ1n) is 10.9. The maximum atomic E-state index is 13.4. The lowest BCUT2D eigenvalue weighted by atomic mass is 10.1. The molecule has 1 aromatic heterocycles. The lowest BCUT2D eigenvalue weighted by Crippen LogP contribution is -2.32. The molecule has 1 aromatic carbocycles. The van der Waals surface area contributed by atoms with E-state index in [1.807, 2.05) is 11.8 Å². The van der Waals surface area contributed by atoms with Crippen molar-refractivity contribution in [1.82, 2.24) is 19.7 Å². The van der Waals surface area contributed by atoms with Crippen molar-refractivity contribution in [2.75, 3.05) is 20.3 Å². The number of methoxy groups -OCH3 is 1. The lowest BCUT2D eigenvalue weighted by Gasteiger charge is -2.25. The molecule has 1 fully saturated rings. The van der Waals surface area contributed by atoms with E-state index in [4.69, 9.17) is 21.1 Å². The Balaban J connectivity index is 1.61. The van der Waals surface area contributed by atoms with Crippen LogP contribution in [0.1, 0.15) is 73.5 Å². The predicted molar refractivity (Wildman–Crippen MR) is 114 cm³/mol. The first-order chi connectivity index (χ1) is 14.6. The summed E-state index contributed by atoms with van der Waals surface area (Å²) in [5, 5.41) is 9.31. The van der Waals surface area contributed by atoms with Crippen LogP contribution in [0.2, 0.25) is 5.02 Å². The van der Waals surface area contributed by atoms with Crippen molar-refractivity contribution in [2.45, 2.75) is 64.5 Å². The van der Waals surface area contributed by atoms with Gasteiger partial charge in [0, 0.05) is 25.1 Å². The Labute approximate surface area is 182 Å². The molecule has 2 aromatic rings. The van der Waals surface area contributed by atoms with Crippen LogP contribution in [0.4, 0.5) is 0 Å². The predicted octanol–water partition coefficient (Wildman–Crippen LogP) is 4.43. The van der Waals surface area contributed by atoms with Gasteiger partial charge in [-0.1, -0.05) is 24.9 Å². The summed E-state index contributed by atoms with van der Waals surface area (Å²) < 4.78 is 13.4. The minimum atomic E-state index is -0.0642. The molecule has 1 atom stereocenters. The normalized spacial score (nSPS) is 18.8. The second-order valence-electron chi connectivity index (χ2n) is 7.93. The van der Waals surface area contributed by atoms with Gasteiger partial charge in [-0.3, -0.25) is 4.79 Å². The van der Waals surface area contributed by atoms with Crippen molar-refractivity contribution < 1.29 is 14.3 Å². The molecule has 0 radical (unpaired) electrons. The van der Waals surface area contributed by atoms with Gasteiger partial charge in [-0.15, -0.1) is 10.2 Å². The number of halogens is 1. The molecule has 3 heterocycles. The average Bonchev–Trinajstić information content (AvgIpc) is 3.32. The second-order valence-corrected chi connectivity index (χ2v) is 8.34. The fraction of sp³-hybridized carbons (Fsp3) is 0.591. The molecule has 4 rings (SSSR count). The maximum absolute atomic E-state index is 13.4. The van der Waals surface area contributed by atoms with Gasteiger partial charge in [0.2, 0.25) is 0 Å². The van der Waals surface area contributed by atoms with Crippen molar-refractivity contribution in [3.8, 4) is 11.5 Å². The topological polar surface area (TPSA) is 69.5 Å². The van der Waals surface area contributed by atoms with Crippen molar-refractivity contribution in [1.29, 1.82) is 0 Å². The number of rotatable bonds is 6. The molecule has 1 amide bonds. The number of benzene rings is 1. The summed E-state index contributed by atoms with van der Waals surface area (Å²) in [6.07, 6.45) is 7.15. The highest BCUT2D eigenvalue weighted by Crippen LogP contribution is 2.39. The molecule has 0 saturated carbocycles. The fourth-order valence-corrected chi connectivity index (χ4v) is 4.65. The Kier molecular flexibility index (Phi) is 6.46. The van der Waals surface area contributed by atoms with Gasteiger partial charge in [0.25, 0.3) is 5.91 Å². The van der Waals surface area contributed by atoms with Crippen LogP contribution in [0.25, 0.3) is 0 Å². The molecule has 0 bridgehead atoms. The highest BCUT2D eigenvalue weighted by Gasteiger charge is 2.35. The number of carbonyl (C=O) groups excluding carboxylic acids is 1.